The summed E-state index contributed by atoms with van der Waals surface area (Å²) in [5.41, 5.74) is 9.16. The number of carbonyl (C=O) groups is 1. The first-order valence-electron chi connectivity index (χ1n) is 4.44. The predicted molar refractivity (Wildman–Crippen MR) is 66.2 cm³/mol. The highest BCUT2D eigenvalue weighted by Crippen LogP contribution is 2.23. The van der Waals surface area contributed by atoms with Crippen LogP contribution in [0.1, 0.15) is 12.5 Å². The second kappa shape index (κ2) is 5.94. The van der Waals surface area contributed by atoms with Crippen molar-refractivity contribution in [3.8, 4) is 0 Å². The van der Waals surface area contributed by atoms with Crippen LogP contribution in [0.4, 0.5) is 0 Å². The summed E-state index contributed by atoms with van der Waals surface area (Å²) in [6, 6.07) is 5.06. The predicted octanol–water partition coefficient (Wildman–Crippen LogP) is 2.79. The van der Waals surface area contributed by atoms with Gasteiger partial charge in [-0.3, -0.25) is 0 Å². The van der Waals surface area contributed by atoms with Crippen molar-refractivity contribution in [2.24, 2.45) is 0 Å². The Kier molecular flexibility index (Phi) is 4.86. The minimum atomic E-state index is -0.653. The van der Waals surface area contributed by atoms with Crippen LogP contribution in [0.15, 0.2) is 27.1 Å². The van der Waals surface area contributed by atoms with Gasteiger partial charge in [-0.2, -0.15) is 4.79 Å². The Morgan fingerprint density at radius 2 is 2.12 bits per heavy atom. The molecule has 0 saturated carbocycles. The maximum Gasteiger partial charge on any atom is 0.422 e. The molecule has 1 rings (SSSR count). The van der Waals surface area contributed by atoms with Gasteiger partial charge >= 0.3 is 11.7 Å². The number of esters is 1. The smallest absolute Gasteiger partial charge is 0.422 e. The van der Waals surface area contributed by atoms with E-state index in [1.165, 1.54) is 0 Å². The van der Waals surface area contributed by atoms with E-state index < -0.39 is 5.97 Å². The van der Waals surface area contributed by atoms with Crippen LogP contribution in [0.25, 0.3) is 5.53 Å². The van der Waals surface area contributed by atoms with Crippen LogP contribution in [0, 0.1) is 0 Å². The van der Waals surface area contributed by atoms with Gasteiger partial charge in [0.05, 0.1) is 12.2 Å². The van der Waals surface area contributed by atoms with E-state index in [9.17, 15) is 4.79 Å². The Hall–Kier alpha value is -0.970. The molecule has 0 amide bonds. The first-order chi connectivity index (χ1) is 7.60. The Labute approximate surface area is 109 Å². The molecule has 0 spiro atoms. The number of nitrogens with zero attached hydrogens (tertiary/aromatic N) is 2. The summed E-state index contributed by atoms with van der Waals surface area (Å²) >= 11 is 6.60. The van der Waals surface area contributed by atoms with Crippen LogP contribution in [-0.2, 0) is 9.53 Å². The Balaban J connectivity index is 3.11. The fourth-order valence-corrected chi connectivity index (χ4v) is 1.68. The molecule has 0 aromatic heterocycles. The van der Waals surface area contributed by atoms with Crippen molar-refractivity contribution in [2.75, 3.05) is 6.61 Å². The third kappa shape index (κ3) is 3.01. The molecular formula is C10H8Br2N2O2. The number of benzene rings is 1. The molecule has 0 radical (unpaired) electrons. The molecule has 0 fully saturated rings. The number of hydrogen-bond acceptors (Lipinski definition) is 2. The van der Waals surface area contributed by atoms with Gasteiger partial charge in [0.2, 0.25) is 0 Å². The summed E-state index contributed by atoms with van der Waals surface area (Å²) in [5.74, 6) is -0.653. The zero-order valence-corrected chi connectivity index (χ0v) is 11.6. The monoisotopic (exact) mass is 346 g/mol. The first kappa shape index (κ1) is 13.1. The van der Waals surface area contributed by atoms with Gasteiger partial charge in [-0.1, -0.05) is 0 Å². The second-order valence-corrected chi connectivity index (χ2v) is 4.51. The Morgan fingerprint density at radius 3 is 2.62 bits per heavy atom. The normalized spacial score (nSPS) is 9.44. The third-order valence-corrected chi connectivity index (χ3v) is 3.64. The summed E-state index contributed by atoms with van der Waals surface area (Å²) < 4.78 is 6.37. The summed E-state index contributed by atoms with van der Waals surface area (Å²) in [7, 11) is 0. The van der Waals surface area contributed by atoms with E-state index in [-0.39, 0.29) is 12.3 Å². The molecular weight excluding hydrogens is 340 g/mol. The highest BCUT2D eigenvalue weighted by Gasteiger charge is 2.24. The lowest BCUT2D eigenvalue weighted by molar-refractivity contribution is -0.139. The summed E-state index contributed by atoms with van der Waals surface area (Å²) in [5, 5.41) is 0. The first-order valence-corrected chi connectivity index (χ1v) is 6.03. The Morgan fingerprint density at radius 1 is 1.44 bits per heavy atom. The molecule has 0 unspecified atom stereocenters. The quantitative estimate of drug-likeness (QED) is 0.365. The maximum absolute atomic E-state index is 11.4. The molecule has 0 aliphatic rings. The minimum absolute atomic E-state index is 0.116. The minimum Gasteiger partial charge on any atom is -0.457 e. The molecule has 1 aromatic carbocycles. The van der Waals surface area contributed by atoms with Gasteiger partial charge in [0.15, 0.2) is 0 Å². The lowest BCUT2D eigenvalue weighted by Crippen LogP contribution is -2.19. The number of carbonyl (C=O) groups excluding carboxylic acids is 1. The van der Waals surface area contributed by atoms with E-state index in [2.05, 4.69) is 36.6 Å². The summed E-state index contributed by atoms with van der Waals surface area (Å²) in [6.07, 6.45) is 0. The van der Waals surface area contributed by atoms with Crippen LogP contribution in [-0.4, -0.2) is 23.1 Å². The SMILES string of the molecule is CCOC(=O)C(=[N+]=[N-])c1ccc(Br)c(Br)c1. The second-order valence-electron chi connectivity index (χ2n) is 2.80. The van der Waals surface area contributed by atoms with Gasteiger partial charge in [-0.15, -0.1) is 0 Å². The molecule has 1 aromatic rings. The summed E-state index contributed by atoms with van der Waals surface area (Å²) in [4.78, 5) is 14.4. The number of hydrogen-bond donors (Lipinski definition) is 0. The van der Waals surface area contributed by atoms with Crippen LogP contribution in [0.2, 0.25) is 0 Å². The molecule has 0 aliphatic carbocycles. The molecule has 6 heteroatoms. The molecule has 0 heterocycles. The van der Waals surface area contributed by atoms with E-state index in [4.69, 9.17) is 10.3 Å². The van der Waals surface area contributed by atoms with Crippen molar-refractivity contribution in [1.29, 1.82) is 0 Å². The van der Waals surface area contributed by atoms with Crippen molar-refractivity contribution >= 4 is 43.5 Å². The lowest BCUT2D eigenvalue weighted by atomic mass is 10.1. The van der Waals surface area contributed by atoms with E-state index >= 15 is 0 Å². The molecule has 0 aliphatic heterocycles. The van der Waals surface area contributed by atoms with Crippen molar-refractivity contribution in [2.45, 2.75) is 6.92 Å². The van der Waals surface area contributed by atoms with Crippen molar-refractivity contribution < 1.29 is 14.3 Å². The van der Waals surface area contributed by atoms with E-state index in [0.717, 1.165) is 8.95 Å². The number of rotatable bonds is 3. The fraction of sp³-hybridized carbons (Fsp3) is 0.200. The lowest BCUT2D eigenvalue weighted by Gasteiger charge is -2.00. The average molecular weight is 348 g/mol. The zero-order valence-electron chi connectivity index (χ0n) is 8.41. The molecule has 0 saturated heterocycles. The van der Waals surface area contributed by atoms with Gasteiger partial charge in [-0.25, -0.2) is 4.79 Å². The summed E-state index contributed by atoms with van der Waals surface area (Å²) in [6.45, 7) is 1.92. The molecule has 84 valence electrons. The van der Waals surface area contributed by atoms with Crippen LogP contribution < -0.4 is 0 Å². The Bertz CT molecular complexity index is 468. The highest BCUT2D eigenvalue weighted by atomic mass is 79.9. The van der Waals surface area contributed by atoms with Crippen molar-refractivity contribution in [3.05, 3.63) is 38.2 Å². The topological polar surface area (TPSA) is 62.7 Å². The molecule has 16 heavy (non-hydrogen) atoms. The van der Waals surface area contributed by atoms with Gasteiger partial charge in [-0.05, 0) is 57.0 Å². The zero-order chi connectivity index (χ0) is 12.1. The van der Waals surface area contributed by atoms with Gasteiger partial charge < -0.3 is 10.3 Å². The van der Waals surface area contributed by atoms with E-state index in [1.54, 1.807) is 25.1 Å². The van der Waals surface area contributed by atoms with Gasteiger partial charge in [0.1, 0.15) is 0 Å². The van der Waals surface area contributed by atoms with Crippen molar-refractivity contribution in [1.82, 2.24) is 0 Å². The third-order valence-electron chi connectivity index (χ3n) is 1.76. The van der Waals surface area contributed by atoms with Gasteiger partial charge in [0.25, 0.3) is 0 Å². The number of ether oxygens (including phenoxy) is 1. The van der Waals surface area contributed by atoms with Crippen LogP contribution >= 0.6 is 31.9 Å². The highest BCUT2D eigenvalue weighted by molar-refractivity contribution is 9.13. The van der Waals surface area contributed by atoms with Crippen molar-refractivity contribution in [3.63, 3.8) is 0 Å². The molecule has 0 N–H and O–H groups in total. The average Bonchev–Trinajstić information content (AvgIpc) is 2.25. The molecule has 0 atom stereocenters. The number of halogens is 2. The molecule has 0 bridgehead atoms. The largest absolute Gasteiger partial charge is 0.457 e. The van der Waals surface area contributed by atoms with Gasteiger partial charge in [0, 0.05) is 8.95 Å². The molecule has 4 nitrogen and oxygen atoms in total. The maximum atomic E-state index is 11.4. The van der Waals surface area contributed by atoms with Crippen LogP contribution in [0.5, 0.6) is 0 Å². The fourth-order valence-electron chi connectivity index (χ4n) is 1.06. The van der Waals surface area contributed by atoms with Crippen LogP contribution in [0.3, 0.4) is 0 Å². The van der Waals surface area contributed by atoms with E-state index in [0.29, 0.717) is 5.56 Å². The van der Waals surface area contributed by atoms with E-state index in [1.807, 2.05) is 0 Å². The standard InChI is InChI=1S/C10H8Br2N2O2/c1-2-16-10(15)9(14-13)6-3-4-7(11)8(12)5-6/h3-5H,2H2,1H3.